The van der Waals surface area contributed by atoms with Crippen molar-refractivity contribution in [3.05, 3.63) is 72.3 Å². The van der Waals surface area contributed by atoms with E-state index in [1.165, 1.54) is 6.92 Å². The number of imide groups is 1. The minimum absolute atomic E-state index is 0.199. The van der Waals surface area contributed by atoms with Crippen LogP contribution < -0.4 is 16.0 Å². The van der Waals surface area contributed by atoms with Gasteiger partial charge in [-0.05, 0) is 47.5 Å². The van der Waals surface area contributed by atoms with Gasteiger partial charge in [-0.2, -0.15) is 0 Å². The van der Waals surface area contributed by atoms with Crippen LogP contribution in [0.15, 0.2) is 66.7 Å². The molecule has 162 valence electrons. The molecule has 1 atom stereocenters. The van der Waals surface area contributed by atoms with Crippen molar-refractivity contribution in [3.8, 4) is 0 Å². The number of benzene rings is 3. The third-order valence-electron chi connectivity index (χ3n) is 5.39. The Morgan fingerprint density at radius 3 is 2.22 bits per heavy atom. The molecule has 1 saturated heterocycles. The number of carbonyl (C=O) groups is 4. The fourth-order valence-corrected chi connectivity index (χ4v) is 3.87. The molecule has 5 amide bonds. The fraction of sp³-hybridized carbons (Fsp3) is 0.167. The Hall–Kier alpha value is -4.20. The summed E-state index contributed by atoms with van der Waals surface area (Å²) in [7, 11) is 0. The molecule has 0 saturated carbocycles. The van der Waals surface area contributed by atoms with Gasteiger partial charge in [-0.3, -0.25) is 19.3 Å². The Bertz CT molecular complexity index is 1230. The quantitative estimate of drug-likeness (QED) is 0.540. The number of rotatable bonds is 5. The molecule has 1 aliphatic heterocycles. The molecule has 0 aromatic heterocycles. The SMILES string of the molecule is CC(=O)Nc1ccc(NC(=O)CN2C(=O)N[C@](C)(c3cccc4ccccc34)C2=O)cc1. The zero-order valence-electron chi connectivity index (χ0n) is 17.6. The van der Waals surface area contributed by atoms with E-state index in [0.29, 0.717) is 16.9 Å². The molecule has 1 aliphatic rings. The molecule has 0 aliphatic carbocycles. The second-order valence-corrected chi connectivity index (χ2v) is 7.78. The van der Waals surface area contributed by atoms with Crippen LogP contribution in [0.3, 0.4) is 0 Å². The van der Waals surface area contributed by atoms with E-state index < -0.39 is 29.9 Å². The van der Waals surface area contributed by atoms with Crippen LogP contribution in [0.1, 0.15) is 19.4 Å². The second kappa shape index (κ2) is 8.14. The van der Waals surface area contributed by atoms with Crippen LogP contribution in [-0.4, -0.2) is 35.2 Å². The van der Waals surface area contributed by atoms with Crippen molar-refractivity contribution in [2.45, 2.75) is 19.4 Å². The third-order valence-corrected chi connectivity index (χ3v) is 5.39. The van der Waals surface area contributed by atoms with E-state index in [0.717, 1.165) is 15.7 Å². The lowest BCUT2D eigenvalue weighted by atomic mass is 9.88. The summed E-state index contributed by atoms with van der Waals surface area (Å²) >= 11 is 0. The number of carbonyl (C=O) groups excluding carboxylic acids is 4. The monoisotopic (exact) mass is 430 g/mol. The van der Waals surface area contributed by atoms with Gasteiger partial charge in [-0.25, -0.2) is 4.79 Å². The van der Waals surface area contributed by atoms with E-state index in [4.69, 9.17) is 0 Å². The fourth-order valence-electron chi connectivity index (χ4n) is 3.87. The van der Waals surface area contributed by atoms with Crippen LogP contribution >= 0.6 is 0 Å². The van der Waals surface area contributed by atoms with Gasteiger partial charge in [0.15, 0.2) is 0 Å². The summed E-state index contributed by atoms with van der Waals surface area (Å²) in [4.78, 5) is 50.4. The topological polar surface area (TPSA) is 108 Å². The van der Waals surface area contributed by atoms with Crippen molar-refractivity contribution in [2.75, 3.05) is 17.2 Å². The predicted octanol–water partition coefficient (Wildman–Crippen LogP) is 3.20. The zero-order chi connectivity index (χ0) is 22.9. The average molecular weight is 430 g/mol. The Kier molecular flexibility index (Phi) is 5.36. The van der Waals surface area contributed by atoms with Crippen LogP contribution in [-0.2, 0) is 19.9 Å². The highest BCUT2D eigenvalue weighted by atomic mass is 16.2. The van der Waals surface area contributed by atoms with E-state index >= 15 is 0 Å². The maximum absolute atomic E-state index is 13.2. The van der Waals surface area contributed by atoms with Gasteiger partial charge in [-0.1, -0.05) is 42.5 Å². The van der Waals surface area contributed by atoms with Crippen molar-refractivity contribution in [2.24, 2.45) is 0 Å². The van der Waals surface area contributed by atoms with E-state index in [1.54, 1.807) is 37.3 Å². The lowest BCUT2D eigenvalue weighted by molar-refractivity contribution is -0.133. The van der Waals surface area contributed by atoms with Crippen LogP contribution in [0.5, 0.6) is 0 Å². The summed E-state index contributed by atoms with van der Waals surface area (Å²) in [6, 6.07) is 19.1. The molecule has 32 heavy (non-hydrogen) atoms. The molecular formula is C24H22N4O4. The lowest BCUT2D eigenvalue weighted by Crippen LogP contribution is -2.42. The number of hydrogen-bond acceptors (Lipinski definition) is 4. The third kappa shape index (κ3) is 3.90. The number of hydrogen-bond donors (Lipinski definition) is 3. The van der Waals surface area contributed by atoms with Crippen LogP contribution in [0.25, 0.3) is 10.8 Å². The van der Waals surface area contributed by atoms with Gasteiger partial charge in [-0.15, -0.1) is 0 Å². The molecule has 0 unspecified atom stereocenters. The van der Waals surface area contributed by atoms with E-state index in [1.807, 2.05) is 36.4 Å². The maximum Gasteiger partial charge on any atom is 0.325 e. The van der Waals surface area contributed by atoms with Gasteiger partial charge in [0.2, 0.25) is 11.8 Å². The number of amides is 5. The Morgan fingerprint density at radius 1 is 0.906 bits per heavy atom. The molecule has 0 radical (unpaired) electrons. The lowest BCUT2D eigenvalue weighted by Gasteiger charge is -2.24. The Labute approximate surface area is 184 Å². The van der Waals surface area contributed by atoms with Crippen molar-refractivity contribution in [1.82, 2.24) is 10.2 Å². The number of fused-ring (bicyclic) bond motifs is 1. The summed E-state index contributed by atoms with van der Waals surface area (Å²) in [5.41, 5.74) is 0.465. The first-order valence-electron chi connectivity index (χ1n) is 10.1. The first-order chi connectivity index (χ1) is 15.3. The average Bonchev–Trinajstić information content (AvgIpc) is 2.98. The largest absolute Gasteiger partial charge is 0.326 e. The first kappa shape index (κ1) is 21.0. The number of nitrogens with one attached hydrogen (secondary N) is 3. The molecule has 1 heterocycles. The molecule has 8 nitrogen and oxygen atoms in total. The van der Waals surface area contributed by atoms with Gasteiger partial charge in [0, 0.05) is 18.3 Å². The van der Waals surface area contributed by atoms with Crippen molar-refractivity contribution in [3.63, 3.8) is 0 Å². The Morgan fingerprint density at radius 2 is 1.53 bits per heavy atom. The van der Waals surface area contributed by atoms with Crippen LogP contribution in [0.4, 0.5) is 16.2 Å². The zero-order valence-corrected chi connectivity index (χ0v) is 17.6. The van der Waals surface area contributed by atoms with Crippen molar-refractivity contribution >= 4 is 45.9 Å². The molecule has 3 N–H and O–H groups in total. The van der Waals surface area contributed by atoms with E-state index in [9.17, 15) is 19.2 Å². The van der Waals surface area contributed by atoms with Crippen LogP contribution in [0.2, 0.25) is 0 Å². The van der Waals surface area contributed by atoms with Gasteiger partial charge < -0.3 is 16.0 Å². The predicted molar refractivity (Wildman–Crippen MR) is 121 cm³/mol. The van der Waals surface area contributed by atoms with Gasteiger partial charge in [0.05, 0.1) is 0 Å². The normalized spacial score (nSPS) is 17.9. The van der Waals surface area contributed by atoms with E-state index in [-0.39, 0.29) is 5.91 Å². The van der Waals surface area contributed by atoms with Gasteiger partial charge in [0.25, 0.3) is 5.91 Å². The standard InChI is InChI=1S/C24H22N4O4/c1-15(29)25-17-10-12-18(13-11-17)26-21(30)14-28-22(31)24(2,27-23(28)32)20-9-5-7-16-6-3-4-8-19(16)20/h3-13H,14H2,1-2H3,(H,25,29)(H,26,30)(H,27,32)/t24-/m1/s1. The Balaban J connectivity index is 1.50. The molecule has 8 heteroatoms. The number of nitrogens with zero attached hydrogens (tertiary/aromatic N) is 1. The summed E-state index contributed by atoms with van der Waals surface area (Å²) < 4.78 is 0. The summed E-state index contributed by atoms with van der Waals surface area (Å²) in [6.07, 6.45) is 0. The highest BCUT2D eigenvalue weighted by Gasteiger charge is 2.50. The highest BCUT2D eigenvalue weighted by molar-refractivity contribution is 6.11. The smallest absolute Gasteiger partial charge is 0.325 e. The summed E-state index contributed by atoms with van der Waals surface area (Å²) in [5.74, 6) is -1.20. The number of urea groups is 1. The second-order valence-electron chi connectivity index (χ2n) is 7.78. The van der Waals surface area contributed by atoms with Crippen molar-refractivity contribution in [1.29, 1.82) is 0 Å². The minimum Gasteiger partial charge on any atom is -0.326 e. The van der Waals surface area contributed by atoms with Crippen LogP contribution in [0, 0.1) is 0 Å². The van der Waals surface area contributed by atoms with Gasteiger partial charge >= 0.3 is 6.03 Å². The van der Waals surface area contributed by atoms with E-state index in [2.05, 4.69) is 16.0 Å². The maximum atomic E-state index is 13.2. The molecule has 3 aromatic carbocycles. The molecular weight excluding hydrogens is 408 g/mol. The van der Waals surface area contributed by atoms with Gasteiger partial charge in [0.1, 0.15) is 12.1 Å². The molecule has 0 spiro atoms. The molecule has 1 fully saturated rings. The first-order valence-corrected chi connectivity index (χ1v) is 10.1. The summed E-state index contributed by atoms with van der Waals surface area (Å²) in [5, 5.41) is 9.86. The molecule has 3 aromatic rings. The summed E-state index contributed by atoms with van der Waals surface area (Å²) in [6.45, 7) is 2.63. The molecule has 0 bridgehead atoms. The highest BCUT2D eigenvalue weighted by Crippen LogP contribution is 2.33. The number of anilines is 2. The van der Waals surface area contributed by atoms with Crippen molar-refractivity contribution < 1.29 is 19.2 Å². The molecule has 4 rings (SSSR count). The minimum atomic E-state index is -1.28.